The van der Waals surface area contributed by atoms with Crippen molar-refractivity contribution in [3.05, 3.63) is 23.8 Å². The molecule has 2 aliphatic rings. The summed E-state index contributed by atoms with van der Waals surface area (Å²) in [7, 11) is 3.44. The number of nitrogens with one attached hydrogen (secondary N) is 1. The van der Waals surface area contributed by atoms with Gasteiger partial charge in [0.25, 0.3) is 0 Å². The van der Waals surface area contributed by atoms with Crippen LogP contribution >= 0.6 is 12.4 Å². The lowest BCUT2D eigenvalue weighted by atomic mass is 9.86. The first-order valence-electron chi connectivity index (χ1n) is 7.39. The summed E-state index contributed by atoms with van der Waals surface area (Å²) in [5, 5.41) is 3.51. The van der Waals surface area contributed by atoms with E-state index in [0.717, 1.165) is 18.0 Å². The van der Waals surface area contributed by atoms with Crippen molar-refractivity contribution in [2.24, 2.45) is 5.41 Å². The highest BCUT2D eigenvalue weighted by molar-refractivity contribution is 5.85. The first kappa shape index (κ1) is 16.4. The lowest BCUT2D eigenvalue weighted by Gasteiger charge is -2.23. The molecule has 0 bridgehead atoms. The van der Waals surface area contributed by atoms with Crippen LogP contribution in [0.3, 0.4) is 0 Å². The van der Waals surface area contributed by atoms with E-state index in [-0.39, 0.29) is 12.4 Å². The minimum absolute atomic E-state index is 0. The molecule has 0 saturated carbocycles. The van der Waals surface area contributed by atoms with Crippen molar-refractivity contribution in [2.45, 2.75) is 19.4 Å². The summed E-state index contributed by atoms with van der Waals surface area (Å²) in [6.45, 7) is 5.68. The van der Waals surface area contributed by atoms with Crippen molar-refractivity contribution in [3.8, 4) is 11.5 Å². The van der Waals surface area contributed by atoms with Crippen LogP contribution in [0.5, 0.6) is 11.5 Å². The van der Waals surface area contributed by atoms with Gasteiger partial charge in [-0.1, -0.05) is 0 Å². The molecule has 0 aliphatic carbocycles. The van der Waals surface area contributed by atoms with Crippen molar-refractivity contribution in [2.75, 3.05) is 40.4 Å². The quantitative estimate of drug-likeness (QED) is 0.925. The van der Waals surface area contributed by atoms with Gasteiger partial charge in [0.15, 0.2) is 0 Å². The third-order valence-corrected chi connectivity index (χ3v) is 4.73. The third-order valence-electron chi connectivity index (χ3n) is 4.73. The smallest absolute Gasteiger partial charge is 0.123 e. The summed E-state index contributed by atoms with van der Waals surface area (Å²) < 4.78 is 10.8. The number of methoxy groups -OCH3 is 2. The number of ether oxygens (including phenoxy) is 2. The molecule has 118 valence electrons. The Morgan fingerprint density at radius 3 is 2.76 bits per heavy atom. The number of rotatable bonds is 4. The Morgan fingerprint density at radius 1 is 1.24 bits per heavy atom. The molecule has 0 aromatic heterocycles. The van der Waals surface area contributed by atoms with Gasteiger partial charge in [-0.15, -0.1) is 12.4 Å². The molecule has 2 fully saturated rings. The zero-order chi connectivity index (χ0) is 14.0. The van der Waals surface area contributed by atoms with Gasteiger partial charge in [-0.25, -0.2) is 0 Å². The van der Waals surface area contributed by atoms with Crippen LogP contribution < -0.4 is 14.8 Å². The van der Waals surface area contributed by atoms with Crippen LogP contribution in [0.1, 0.15) is 18.4 Å². The Balaban J connectivity index is 0.00000161. The van der Waals surface area contributed by atoms with Gasteiger partial charge in [-0.05, 0) is 49.5 Å². The molecular weight excluding hydrogens is 288 g/mol. The monoisotopic (exact) mass is 312 g/mol. The van der Waals surface area contributed by atoms with Crippen LogP contribution in [0.25, 0.3) is 0 Å². The van der Waals surface area contributed by atoms with Gasteiger partial charge < -0.3 is 14.8 Å². The fourth-order valence-corrected chi connectivity index (χ4v) is 3.55. The van der Waals surface area contributed by atoms with Crippen LogP contribution in [-0.4, -0.2) is 45.3 Å². The number of benzene rings is 1. The van der Waals surface area contributed by atoms with Crippen LogP contribution in [0.15, 0.2) is 18.2 Å². The fraction of sp³-hybridized carbons (Fsp3) is 0.625. The molecule has 1 unspecified atom stereocenters. The second-order valence-corrected chi connectivity index (χ2v) is 6.07. The molecule has 5 heteroatoms. The van der Waals surface area contributed by atoms with Gasteiger partial charge in [0.2, 0.25) is 0 Å². The number of likely N-dealkylation sites (tertiary alicyclic amines) is 1. The van der Waals surface area contributed by atoms with Crippen molar-refractivity contribution < 1.29 is 9.47 Å². The number of hydrogen-bond donors (Lipinski definition) is 1. The molecule has 1 N–H and O–H groups in total. The molecule has 0 radical (unpaired) electrons. The van der Waals surface area contributed by atoms with Gasteiger partial charge in [0.05, 0.1) is 14.2 Å². The SMILES string of the molecule is COc1ccc(OC)c(CN2CCC3(CCNC3)C2)c1.Cl. The van der Waals surface area contributed by atoms with Crippen LogP contribution in [0.2, 0.25) is 0 Å². The molecule has 2 heterocycles. The molecule has 1 atom stereocenters. The highest BCUT2D eigenvalue weighted by atomic mass is 35.5. The van der Waals surface area contributed by atoms with E-state index in [1.165, 1.54) is 44.6 Å². The highest BCUT2D eigenvalue weighted by Crippen LogP contribution is 2.37. The lowest BCUT2D eigenvalue weighted by Crippen LogP contribution is -2.29. The van der Waals surface area contributed by atoms with E-state index in [0.29, 0.717) is 5.41 Å². The van der Waals surface area contributed by atoms with E-state index in [1.807, 2.05) is 12.1 Å². The van der Waals surface area contributed by atoms with Crippen molar-refractivity contribution in [3.63, 3.8) is 0 Å². The maximum atomic E-state index is 5.48. The first-order valence-corrected chi connectivity index (χ1v) is 7.39. The summed E-state index contributed by atoms with van der Waals surface area (Å²) >= 11 is 0. The van der Waals surface area contributed by atoms with Gasteiger partial charge in [-0.3, -0.25) is 4.90 Å². The second kappa shape index (κ2) is 6.86. The van der Waals surface area contributed by atoms with E-state index in [4.69, 9.17) is 9.47 Å². The normalized spacial score (nSPS) is 25.0. The number of nitrogens with zero attached hydrogens (tertiary/aromatic N) is 1. The number of halogens is 1. The van der Waals surface area contributed by atoms with Gasteiger partial charge in [0, 0.05) is 25.2 Å². The molecule has 0 amide bonds. The second-order valence-electron chi connectivity index (χ2n) is 6.07. The largest absolute Gasteiger partial charge is 0.497 e. The summed E-state index contributed by atoms with van der Waals surface area (Å²) in [5.74, 6) is 1.86. The summed E-state index contributed by atoms with van der Waals surface area (Å²) in [6, 6.07) is 6.04. The standard InChI is InChI=1S/C16H24N2O2.ClH/c1-19-14-3-4-15(20-2)13(9-14)10-18-8-6-16(12-18)5-7-17-11-16;/h3-4,9,17H,5-8,10-12H2,1-2H3;1H. The third kappa shape index (κ3) is 3.44. The van der Waals surface area contributed by atoms with E-state index in [9.17, 15) is 0 Å². The first-order chi connectivity index (χ1) is 9.74. The molecule has 1 aromatic carbocycles. The van der Waals surface area contributed by atoms with Crippen LogP contribution in [-0.2, 0) is 6.54 Å². The lowest BCUT2D eigenvalue weighted by molar-refractivity contribution is 0.265. The Kier molecular flexibility index (Phi) is 5.36. The average molecular weight is 313 g/mol. The molecule has 1 spiro atoms. The van der Waals surface area contributed by atoms with E-state index in [1.54, 1.807) is 14.2 Å². The Bertz CT molecular complexity index is 475. The van der Waals surface area contributed by atoms with Gasteiger partial charge in [0.1, 0.15) is 11.5 Å². The Labute approximate surface area is 133 Å². The zero-order valence-electron chi connectivity index (χ0n) is 12.9. The topological polar surface area (TPSA) is 33.7 Å². The molecular formula is C16H25ClN2O2. The van der Waals surface area contributed by atoms with Crippen LogP contribution in [0, 0.1) is 5.41 Å². The summed E-state index contributed by atoms with van der Waals surface area (Å²) in [6.07, 6.45) is 2.63. The summed E-state index contributed by atoms with van der Waals surface area (Å²) in [5.41, 5.74) is 1.74. The molecule has 4 nitrogen and oxygen atoms in total. The predicted octanol–water partition coefficient (Wildman–Crippen LogP) is 2.31. The summed E-state index contributed by atoms with van der Waals surface area (Å²) in [4.78, 5) is 2.55. The highest BCUT2D eigenvalue weighted by Gasteiger charge is 2.40. The van der Waals surface area contributed by atoms with Crippen LogP contribution in [0.4, 0.5) is 0 Å². The minimum atomic E-state index is 0. The Morgan fingerprint density at radius 2 is 2.10 bits per heavy atom. The molecule has 2 saturated heterocycles. The maximum absolute atomic E-state index is 5.48. The minimum Gasteiger partial charge on any atom is -0.497 e. The van der Waals surface area contributed by atoms with Crippen molar-refractivity contribution >= 4 is 12.4 Å². The predicted molar refractivity (Wildman–Crippen MR) is 86.6 cm³/mol. The average Bonchev–Trinajstić information content (AvgIpc) is 3.09. The zero-order valence-corrected chi connectivity index (χ0v) is 13.7. The van der Waals surface area contributed by atoms with Crippen molar-refractivity contribution in [1.82, 2.24) is 10.2 Å². The van der Waals surface area contributed by atoms with E-state index < -0.39 is 0 Å². The molecule has 3 rings (SSSR count). The molecule has 21 heavy (non-hydrogen) atoms. The van der Waals surface area contributed by atoms with E-state index >= 15 is 0 Å². The van der Waals surface area contributed by atoms with Gasteiger partial charge in [-0.2, -0.15) is 0 Å². The Hall–Kier alpha value is -0.970. The molecule has 1 aromatic rings. The van der Waals surface area contributed by atoms with E-state index in [2.05, 4.69) is 16.3 Å². The maximum Gasteiger partial charge on any atom is 0.123 e. The number of hydrogen-bond acceptors (Lipinski definition) is 4. The molecule has 2 aliphatic heterocycles. The fourth-order valence-electron chi connectivity index (χ4n) is 3.55. The van der Waals surface area contributed by atoms with Gasteiger partial charge >= 0.3 is 0 Å². The van der Waals surface area contributed by atoms with Crippen molar-refractivity contribution in [1.29, 1.82) is 0 Å².